The van der Waals surface area contributed by atoms with E-state index in [2.05, 4.69) is 22.0 Å². The van der Waals surface area contributed by atoms with Crippen molar-refractivity contribution in [2.24, 2.45) is 5.41 Å². The van der Waals surface area contributed by atoms with Crippen LogP contribution in [0.2, 0.25) is 0 Å². The summed E-state index contributed by atoms with van der Waals surface area (Å²) >= 11 is 0. The first kappa shape index (κ1) is 18.7. The van der Waals surface area contributed by atoms with E-state index in [0.717, 1.165) is 57.7 Å². The monoisotopic (exact) mass is 381 g/mol. The zero-order chi connectivity index (χ0) is 19.6. The van der Waals surface area contributed by atoms with Gasteiger partial charge in [-0.1, -0.05) is 12.1 Å². The quantitative estimate of drug-likeness (QED) is 0.884. The maximum atomic E-state index is 12.8. The molecule has 6 heteroatoms. The molecular formula is C22H27N3O3. The highest BCUT2D eigenvalue weighted by Gasteiger charge is 2.42. The third-order valence-electron chi connectivity index (χ3n) is 6.04. The molecule has 148 valence electrons. The summed E-state index contributed by atoms with van der Waals surface area (Å²) in [6.45, 7) is 4.59. The van der Waals surface area contributed by atoms with Gasteiger partial charge in [-0.2, -0.15) is 0 Å². The molecule has 6 nitrogen and oxygen atoms in total. The van der Waals surface area contributed by atoms with E-state index in [0.29, 0.717) is 5.56 Å². The molecule has 4 rings (SSSR count). The van der Waals surface area contributed by atoms with E-state index in [1.807, 2.05) is 17.0 Å². The number of nitrogens with one attached hydrogen (secondary N) is 1. The highest BCUT2D eigenvalue weighted by molar-refractivity contribution is 5.94. The highest BCUT2D eigenvalue weighted by atomic mass is 16.5. The van der Waals surface area contributed by atoms with Gasteiger partial charge in [-0.15, -0.1) is 0 Å². The van der Waals surface area contributed by atoms with Gasteiger partial charge < -0.3 is 14.6 Å². The van der Waals surface area contributed by atoms with Crippen LogP contribution in [0.1, 0.15) is 35.2 Å². The first-order valence-electron chi connectivity index (χ1n) is 9.90. The summed E-state index contributed by atoms with van der Waals surface area (Å²) in [4.78, 5) is 31.1. The summed E-state index contributed by atoms with van der Waals surface area (Å²) < 4.78 is 5.34. The van der Waals surface area contributed by atoms with Gasteiger partial charge in [-0.05, 0) is 49.6 Å². The SMILES string of the molecule is COc1cccc(CN2CCCC3(CCN(C(=O)c4ccc(=O)[nH]c4)C3)C2)c1. The normalized spacial score (nSPS) is 22.5. The fourth-order valence-corrected chi connectivity index (χ4v) is 4.64. The molecule has 1 N–H and O–H groups in total. The molecule has 0 saturated carbocycles. The van der Waals surface area contributed by atoms with Gasteiger partial charge in [0.1, 0.15) is 5.75 Å². The number of amides is 1. The number of nitrogens with zero attached hydrogens (tertiary/aromatic N) is 2. The number of methoxy groups -OCH3 is 1. The van der Waals surface area contributed by atoms with E-state index in [-0.39, 0.29) is 16.9 Å². The third-order valence-corrected chi connectivity index (χ3v) is 6.04. The van der Waals surface area contributed by atoms with Crippen molar-refractivity contribution in [1.29, 1.82) is 0 Å². The molecule has 2 aromatic rings. The van der Waals surface area contributed by atoms with Crippen LogP contribution >= 0.6 is 0 Å². The second kappa shape index (κ2) is 7.80. The first-order valence-corrected chi connectivity index (χ1v) is 9.90. The number of ether oxygens (including phenoxy) is 1. The number of pyridine rings is 1. The Morgan fingerprint density at radius 3 is 2.86 bits per heavy atom. The zero-order valence-electron chi connectivity index (χ0n) is 16.3. The predicted octanol–water partition coefficient (Wildman–Crippen LogP) is 2.51. The van der Waals surface area contributed by atoms with E-state index in [1.165, 1.54) is 17.8 Å². The van der Waals surface area contributed by atoms with Crippen LogP contribution in [-0.2, 0) is 6.54 Å². The standard InChI is InChI=1S/C22H27N3O3/c1-28-19-5-2-4-17(12-19)14-24-10-3-8-22(15-24)9-11-25(16-22)21(27)18-6-7-20(26)23-13-18/h2,4-7,12-13H,3,8-11,14-16H2,1H3,(H,23,26). The van der Waals surface area contributed by atoms with E-state index in [4.69, 9.17) is 4.74 Å². The molecule has 1 aromatic heterocycles. The lowest BCUT2D eigenvalue weighted by Gasteiger charge is -2.40. The lowest BCUT2D eigenvalue weighted by molar-refractivity contribution is 0.0675. The maximum Gasteiger partial charge on any atom is 0.255 e. The highest BCUT2D eigenvalue weighted by Crippen LogP contribution is 2.39. The summed E-state index contributed by atoms with van der Waals surface area (Å²) in [7, 11) is 1.70. The molecule has 0 aliphatic carbocycles. The molecule has 1 aromatic carbocycles. The number of hydrogen-bond donors (Lipinski definition) is 1. The molecule has 2 aliphatic heterocycles. The number of carbonyl (C=O) groups is 1. The molecule has 0 radical (unpaired) electrons. The van der Waals surface area contributed by atoms with Crippen molar-refractivity contribution < 1.29 is 9.53 Å². The summed E-state index contributed by atoms with van der Waals surface area (Å²) in [5.74, 6) is 0.904. The number of aromatic amines is 1. The second-order valence-electron chi connectivity index (χ2n) is 8.08. The third kappa shape index (κ3) is 3.97. The van der Waals surface area contributed by atoms with Gasteiger partial charge in [-0.3, -0.25) is 14.5 Å². The summed E-state index contributed by atoms with van der Waals surface area (Å²) in [6.07, 6.45) is 4.88. The van der Waals surface area contributed by atoms with Crippen molar-refractivity contribution in [2.45, 2.75) is 25.8 Å². The summed E-state index contributed by atoms with van der Waals surface area (Å²) in [5.41, 5.74) is 1.81. The number of aromatic nitrogens is 1. The molecule has 1 amide bonds. The van der Waals surface area contributed by atoms with Gasteiger partial charge in [0.05, 0.1) is 12.7 Å². The van der Waals surface area contributed by atoms with Crippen molar-refractivity contribution in [3.63, 3.8) is 0 Å². The molecule has 2 saturated heterocycles. The number of hydrogen-bond acceptors (Lipinski definition) is 4. The number of piperidine rings is 1. The molecule has 1 unspecified atom stereocenters. The second-order valence-corrected chi connectivity index (χ2v) is 8.08. The number of rotatable bonds is 4. The number of likely N-dealkylation sites (tertiary alicyclic amines) is 2. The minimum atomic E-state index is -0.185. The molecule has 1 atom stereocenters. The van der Waals surface area contributed by atoms with Gasteiger partial charge in [0.2, 0.25) is 5.56 Å². The molecule has 2 aliphatic rings. The Morgan fingerprint density at radius 1 is 1.18 bits per heavy atom. The van der Waals surface area contributed by atoms with Crippen molar-refractivity contribution in [3.05, 3.63) is 64.1 Å². The van der Waals surface area contributed by atoms with Gasteiger partial charge >= 0.3 is 0 Å². The average molecular weight is 381 g/mol. The largest absolute Gasteiger partial charge is 0.497 e. The van der Waals surface area contributed by atoms with Crippen LogP contribution in [0.4, 0.5) is 0 Å². The van der Waals surface area contributed by atoms with E-state index in [9.17, 15) is 9.59 Å². The van der Waals surface area contributed by atoms with E-state index >= 15 is 0 Å². The lowest BCUT2D eigenvalue weighted by atomic mass is 9.79. The van der Waals surface area contributed by atoms with Crippen molar-refractivity contribution in [1.82, 2.24) is 14.8 Å². The molecular weight excluding hydrogens is 354 g/mol. The Morgan fingerprint density at radius 2 is 2.07 bits per heavy atom. The average Bonchev–Trinajstić information content (AvgIpc) is 3.11. The summed E-state index contributed by atoms with van der Waals surface area (Å²) in [5, 5.41) is 0. The Balaban J connectivity index is 1.41. The van der Waals surface area contributed by atoms with Crippen LogP contribution < -0.4 is 10.3 Å². The maximum absolute atomic E-state index is 12.8. The van der Waals surface area contributed by atoms with Crippen molar-refractivity contribution in [2.75, 3.05) is 33.3 Å². The summed E-state index contributed by atoms with van der Waals surface area (Å²) in [6, 6.07) is 11.3. The van der Waals surface area contributed by atoms with Crippen LogP contribution in [-0.4, -0.2) is 54.0 Å². The molecule has 2 fully saturated rings. The Hall–Kier alpha value is -2.60. The van der Waals surface area contributed by atoms with Gasteiger partial charge in [0, 0.05) is 43.9 Å². The molecule has 28 heavy (non-hydrogen) atoms. The van der Waals surface area contributed by atoms with Crippen LogP contribution in [0.15, 0.2) is 47.4 Å². The number of carbonyl (C=O) groups excluding carboxylic acids is 1. The van der Waals surface area contributed by atoms with Gasteiger partial charge in [0.25, 0.3) is 5.91 Å². The predicted molar refractivity (Wildman–Crippen MR) is 108 cm³/mol. The van der Waals surface area contributed by atoms with Crippen molar-refractivity contribution in [3.8, 4) is 5.75 Å². The number of benzene rings is 1. The van der Waals surface area contributed by atoms with E-state index in [1.54, 1.807) is 13.2 Å². The number of H-pyrrole nitrogens is 1. The Bertz CT molecular complexity index is 889. The topological polar surface area (TPSA) is 65.6 Å². The van der Waals surface area contributed by atoms with Gasteiger partial charge in [0.15, 0.2) is 0 Å². The van der Waals surface area contributed by atoms with E-state index < -0.39 is 0 Å². The van der Waals surface area contributed by atoms with Gasteiger partial charge in [-0.25, -0.2) is 0 Å². The van der Waals surface area contributed by atoms with Crippen LogP contribution in [0.3, 0.4) is 0 Å². The minimum Gasteiger partial charge on any atom is -0.497 e. The fraction of sp³-hybridized carbons (Fsp3) is 0.455. The smallest absolute Gasteiger partial charge is 0.255 e. The van der Waals surface area contributed by atoms with Crippen LogP contribution in [0.25, 0.3) is 0 Å². The molecule has 0 bridgehead atoms. The lowest BCUT2D eigenvalue weighted by Crippen LogP contribution is -2.45. The fourth-order valence-electron chi connectivity index (χ4n) is 4.64. The molecule has 1 spiro atoms. The Kier molecular flexibility index (Phi) is 5.22. The van der Waals surface area contributed by atoms with Crippen LogP contribution in [0, 0.1) is 5.41 Å². The minimum absolute atomic E-state index is 0.0121. The Labute approximate surface area is 165 Å². The zero-order valence-corrected chi connectivity index (χ0v) is 16.3. The van der Waals surface area contributed by atoms with Crippen LogP contribution in [0.5, 0.6) is 5.75 Å². The first-order chi connectivity index (χ1) is 13.6. The molecule has 3 heterocycles. The van der Waals surface area contributed by atoms with Crippen molar-refractivity contribution >= 4 is 5.91 Å².